The molecule has 4 rings (SSSR count). The largest absolute Gasteiger partial charge is 0.481 e. The average Bonchev–Trinajstić information content (AvgIpc) is 3.25. The number of aliphatic hydroxyl groups excluding tert-OH is 1. The molecule has 216 valence electrons. The Hall–Kier alpha value is -3.39. The maximum Gasteiger partial charge on any atom is 0.303 e. The highest BCUT2D eigenvalue weighted by atomic mass is 16.5. The van der Waals surface area contributed by atoms with Crippen LogP contribution in [0.4, 0.5) is 5.82 Å². The van der Waals surface area contributed by atoms with Crippen LogP contribution in [0.15, 0.2) is 36.4 Å². The van der Waals surface area contributed by atoms with Gasteiger partial charge in [-0.1, -0.05) is 58.9 Å². The van der Waals surface area contributed by atoms with Gasteiger partial charge in [0.1, 0.15) is 5.82 Å². The summed E-state index contributed by atoms with van der Waals surface area (Å²) in [7, 11) is 1.84. The van der Waals surface area contributed by atoms with E-state index >= 15 is 0 Å². The Kier molecular flexibility index (Phi) is 8.88. The van der Waals surface area contributed by atoms with Gasteiger partial charge in [0, 0.05) is 37.2 Å². The highest BCUT2D eigenvalue weighted by molar-refractivity contribution is 5.68. The summed E-state index contributed by atoms with van der Waals surface area (Å²) in [6.45, 7) is 11.9. The van der Waals surface area contributed by atoms with Crippen molar-refractivity contribution < 1.29 is 19.7 Å². The van der Waals surface area contributed by atoms with Crippen molar-refractivity contribution in [3.8, 4) is 5.88 Å². The van der Waals surface area contributed by atoms with Gasteiger partial charge in [0.15, 0.2) is 0 Å². The Morgan fingerprint density at radius 1 is 1.10 bits per heavy atom. The van der Waals surface area contributed by atoms with Crippen molar-refractivity contribution >= 4 is 11.8 Å². The highest BCUT2D eigenvalue weighted by Crippen LogP contribution is 2.35. The van der Waals surface area contributed by atoms with Crippen molar-refractivity contribution in [2.75, 3.05) is 25.1 Å². The monoisotopic (exact) mass is 548 g/mol. The number of pyridine rings is 1. The minimum Gasteiger partial charge on any atom is -0.481 e. The number of carbonyl (C=O) groups is 1. The minimum atomic E-state index is -0.853. The van der Waals surface area contributed by atoms with Crippen LogP contribution in [0.1, 0.15) is 87.0 Å². The number of aliphatic hydroxyl groups is 1. The number of carboxylic acids is 1. The molecule has 0 amide bonds. The van der Waals surface area contributed by atoms with Crippen molar-refractivity contribution in [1.29, 1.82) is 0 Å². The Morgan fingerprint density at radius 3 is 2.55 bits per heavy atom. The summed E-state index contributed by atoms with van der Waals surface area (Å²) in [5, 5.41) is 27.9. The molecular weight excluding hydrogens is 504 g/mol. The summed E-state index contributed by atoms with van der Waals surface area (Å²) in [6, 6.07) is 12.4. The minimum absolute atomic E-state index is 0.00205. The molecule has 3 aromatic rings. The molecule has 8 heteroatoms. The molecule has 0 saturated carbocycles. The molecule has 0 aliphatic carbocycles. The summed E-state index contributed by atoms with van der Waals surface area (Å²) in [5.74, 6) is 0.499. The Balaban J connectivity index is 1.52. The van der Waals surface area contributed by atoms with Gasteiger partial charge in [-0.25, -0.2) is 9.67 Å². The average molecular weight is 549 g/mol. The normalized spacial score (nSPS) is 14.4. The second-order valence-corrected chi connectivity index (χ2v) is 12.7. The first-order valence-electron chi connectivity index (χ1n) is 14.2. The number of hydrogen-bond donors (Lipinski definition) is 3. The molecule has 0 fully saturated rings. The summed E-state index contributed by atoms with van der Waals surface area (Å²) < 4.78 is 7.78. The molecule has 1 aromatic carbocycles. The van der Waals surface area contributed by atoms with E-state index in [0.717, 1.165) is 53.3 Å². The summed E-state index contributed by atoms with van der Waals surface area (Å²) in [6.07, 6.45) is 3.33. The van der Waals surface area contributed by atoms with Crippen LogP contribution >= 0.6 is 0 Å². The van der Waals surface area contributed by atoms with E-state index in [1.807, 2.05) is 27.0 Å². The van der Waals surface area contributed by atoms with E-state index < -0.39 is 11.4 Å². The third kappa shape index (κ3) is 7.22. The van der Waals surface area contributed by atoms with Gasteiger partial charge < -0.3 is 20.3 Å². The van der Waals surface area contributed by atoms with Gasteiger partial charge in [0.25, 0.3) is 0 Å². The van der Waals surface area contributed by atoms with Crippen LogP contribution < -0.4 is 10.1 Å². The number of nitrogens with one attached hydrogen (secondary N) is 1. The van der Waals surface area contributed by atoms with E-state index in [9.17, 15) is 15.0 Å². The fraction of sp³-hybridized carbons (Fsp3) is 0.531. The van der Waals surface area contributed by atoms with E-state index in [0.29, 0.717) is 25.3 Å². The topological polar surface area (TPSA) is 110 Å². The molecular formula is C32H44N4O4. The zero-order valence-electron chi connectivity index (χ0n) is 24.8. The number of ether oxygens (including phenoxy) is 1. The zero-order valence-corrected chi connectivity index (χ0v) is 24.8. The lowest BCUT2D eigenvalue weighted by molar-refractivity contribution is -0.137. The van der Waals surface area contributed by atoms with Gasteiger partial charge in [-0.2, -0.15) is 5.10 Å². The number of aromatic nitrogens is 3. The Bertz CT molecular complexity index is 1340. The van der Waals surface area contributed by atoms with E-state index in [4.69, 9.17) is 9.72 Å². The molecule has 0 radical (unpaired) electrons. The lowest BCUT2D eigenvalue weighted by atomic mass is 9.76. The molecule has 1 aliphatic heterocycles. The molecule has 40 heavy (non-hydrogen) atoms. The lowest BCUT2D eigenvalue weighted by Crippen LogP contribution is -2.24. The first kappa shape index (κ1) is 29.6. The quantitative estimate of drug-likeness (QED) is 0.304. The number of rotatable bonds is 11. The third-order valence-corrected chi connectivity index (χ3v) is 7.79. The predicted octanol–water partition coefficient (Wildman–Crippen LogP) is 5.16. The zero-order chi connectivity index (χ0) is 29.1. The number of hydrogen-bond acceptors (Lipinski definition) is 6. The molecule has 1 unspecified atom stereocenters. The van der Waals surface area contributed by atoms with Gasteiger partial charge in [-0.3, -0.25) is 4.79 Å². The fourth-order valence-electron chi connectivity index (χ4n) is 5.08. The summed E-state index contributed by atoms with van der Waals surface area (Å²) in [5.41, 5.74) is 5.53. The Morgan fingerprint density at radius 2 is 1.85 bits per heavy atom. The number of aryl methyl sites for hydroxylation is 2. The first-order valence-corrected chi connectivity index (χ1v) is 14.2. The van der Waals surface area contributed by atoms with Crippen LogP contribution in [0.3, 0.4) is 0 Å². The second-order valence-electron chi connectivity index (χ2n) is 12.7. The van der Waals surface area contributed by atoms with E-state index in [1.165, 1.54) is 5.56 Å². The van der Waals surface area contributed by atoms with E-state index in [2.05, 4.69) is 61.5 Å². The Labute approximate surface area is 237 Å². The third-order valence-electron chi connectivity index (χ3n) is 7.79. The SMILES string of the molecule is Cn1nc(CC(CC(=O)O)c2cc(C(C)(C)C)cc(C(C)(C)CO)c2)cc1OCCc1ccc2c(n1)NCCC2. The molecule has 1 aliphatic rings. The van der Waals surface area contributed by atoms with E-state index in [-0.39, 0.29) is 24.4 Å². The number of anilines is 1. The molecule has 8 nitrogen and oxygen atoms in total. The molecule has 0 bridgehead atoms. The number of carboxylic acid groups (broad SMARTS) is 1. The van der Waals surface area contributed by atoms with Gasteiger partial charge in [0.05, 0.1) is 25.3 Å². The molecule has 2 aromatic heterocycles. The van der Waals surface area contributed by atoms with Gasteiger partial charge in [-0.05, 0) is 58.9 Å². The maximum absolute atomic E-state index is 11.9. The van der Waals surface area contributed by atoms with Crippen LogP contribution in [0.5, 0.6) is 5.88 Å². The lowest BCUT2D eigenvalue weighted by Gasteiger charge is -2.29. The number of aliphatic carboxylic acids is 1. The number of fused-ring (bicyclic) bond motifs is 1. The van der Waals surface area contributed by atoms with Gasteiger partial charge in [0.2, 0.25) is 5.88 Å². The highest BCUT2D eigenvalue weighted by Gasteiger charge is 2.27. The summed E-state index contributed by atoms with van der Waals surface area (Å²) >= 11 is 0. The maximum atomic E-state index is 11.9. The van der Waals surface area contributed by atoms with Crippen LogP contribution in [0.2, 0.25) is 0 Å². The fourth-order valence-corrected chi connectivity index (χ4v) is 5.08. The van der Waals surface area contributed by atoms with Crippen molar-refractivity contribution in [1.82, 2.24) is 14.8 Å². The number of benzene rings is 1. The van der Waals surface area contributed by atoms with Crippen LogP contribution in [0.25, 0.3) is 0 Å². The van der Waals surface area contributed by atoms with Gasteiger partial charge in [-0.15, -0.1) is 0 Å². The number of nitrogens with zero attached hydrogens (tertiary/aromatic N) is 3. The van der Waals surface area contributed by atoms with Crippen molar-refractivity contribution in [2.24, 2.45) is 7.05 Å². The molecule has 0 saturated heterocycles. The summed E-state index contributed by atoms with van der Waals surface area (Å²) in [4.78, 5) is 16.7. The van der Waals surface area contributed by atoms with Gasteiger partial charge >= 0.3 is 5.97 Å². The standard InChI is InChI=1S/C32H44N4O4/c1-31(2,3)24-14-22(15-25(18-24)32(4,5)20-37)23(17-29(38)39)16-27-19-28(36(6)35-27)40-13-11-26-10-9-21-8-7-12-33-30(21)34-26/h9-10,14-15,18-19,23,37H,7-8,11-13,16-17,20H2,1-6H3,(H,33,34)(H,38,39). The first-order chi connectivity index (χ1) is 18.9. The van der Waals surface area contributed by atoms with E-state index in [1.54, 1.807) is 4.68 Å². The molecule has 0 spiro atoms. The van der Waals surface area contributed by atoms with Crippen molar-refractivity contribution in [2.45, 2.75) is 83.5 Å². The molecule has 3 heterocycles. The second kappa shape index (κ2) is 12.0. The van der Waals surface area contributed by atoms with Crippen molar-refractivity contribution in [3.63, 3.8) is 0 Å². The molecule has 3 N–H and O–H groups in total. The predicted molar refractivity (Wildman–Crippen MR) is 157 cm³/mol. The smallest absolute Gasteiger partial charge is 0.303 e. The molecule has 1 atom stereocenters. The van der Waals surface area contributed by atoms with Crippen LogP contribution in [-0.2, 0) is 41.9 Å². The van der Waals surface area contributed by atoms with Crippen LogP contribution in [0, 0.1) is 0 Å². The van der Waals surface area contributed by atoms with Crippen LogP contribution in [-0.4, -0.2) is 50.7 Å². The van der Waals surface area contributed by atoms with Crippen molar-refractivity contribution in [3.05, 3.63) is 70.0 Å².